The predicted octanol–water partition coefficient (Wildman–Crippen LogP) is 3.26. The molecule has 0 radical (unpaired) electrons. The largest absolute Gasteiger partial charge is 0.450 e. The van der Waals surface area contributed by atoms with Gasteiger partial charge in [-0.05, 0) is 25.8 Å². The molecule has 20 heavy (non-hydrogen) atoms. The third-order valence-corrected chi connectivity index (χ3v) is 4.21. The highest BCUT2D eigenvalue weighted by atomic mass is 16.6. The first-order valence-electron chi connectivity index (χ1n) is 6.66. The van der Waals surface area contributed by atoms with Gasteiger partial charge < -0.3 is 4.74 Å². The standard InChI is InChI=1S/C17H15NO2/c1-11-8-14(12-6-4-3-5-7-12)17(2)15(9-11)13(10-18)16(19)20-17/h3-7,9,14H,8H2,1-2H3/t14-,17+/m1/s1. The van der Waals surface area contributed by atoms with Gasteiger partial charge in [0.2, 0.25) is 0 Å². The average molecular weight is 265 g/mol. The van der Waals surface area contributed by atoms with E-state index in [1.807, 2.05) is 56.3 Å². The second-order valence-corrected chi connectivity index (χ2v) is 5.56. The molecule has 0 amide bonds. The van der Waals surface area contributed by atoms with Crippen LogP contribution in [0.2, 0.25) is 0 Å². The monoisotopic (exact) mass is 265 g/mol. The Balaban J connectivity index is 2.18. The van der Waals surface area contributed by atoms with Crippen LogP contribution >= 0.6 is 0 Å². The number of hydrogen-bond donors (Lipinski definition) is 0. The van der Waals surface area contributed by atoms with Crippen LogP contribution in [0.1, 0.15) is 31.7 Å². The molecule has 0 unspecified atom stereocenters. The summed E-state index contributed by atoms with van der Waals surface area (Å²) in [6.45, 7) is 3.94. The van der Waals surface area contributed by atoms with Crippen molar-refractivity contribution in [1.29, 1.82) is 5.26 Å². The van der Waals surface area contributed by atoms with Gasteiger partial charge in [0, 0.05) is 11.5 Å². The molecule has 0 aromatic heterocycles. The summed E-state index contributed by atoms with van der Waals surface area (Å²) < 4.78 is 5.59. The lowest BCUT2D eigenvalue weighted by atomic mass is 9.71. The summed E-state index contributed by atoms with van der Waals surface area (Å²) in [5.41, 5.74) is 2.43. The van der Waals surface area contributed by atoms with E-state index in [1.54, 1.807) is 0 Å². The molecule has 100 valence electrons. The van der Waals surface area contributed by atoms with Gasteiger partial charge in [0.15, 0.2) is 0 Å². The van der Waals surface area contributed by atoms with Gasteiger partial charge in [-0.2, -0.15) is 5.26 Å². The molecule has 0 N–H and O–H groups in total. The Morgan fingerprint density at radius 3 is 2.70 bits per heavy atom. The smallest absolute Gasteiger partial charge is 0.350 e. The fraction of sp³-hybridized carbons (Fsp3) is 0.294. The van der Waals surface area contributed by atoms with E-state index >= 15 is 0 Å². The van der Waals surface area contributed by atoms with E-state index < -0.39 is 11.6 Å². The van der Waals surface area contributed by atoms with Gasteiger partial charge in [-0.1, -0.05) is 42.0 Å². The molecule has 0 saturated heterocycles. The minimum Gasteiger partial charge on any atom is -0.450 e. The quantitative estimate of drug-likeness (QED) is 0.732. The first-order valence-corrected chi connectivity index (χ1v) is 6.66. The maximum Gasteiger partial charge on any atom is 0.350 e. The van der Waals surface area contributed by atoms with Crippen LogP contribution in [0.15, 0.2) is 53.1 Å². The summed E-state index contributed by atoms with van der Waals surface area (Å²) in [5, 5.41) is 9.19. The molecular formula is C17H15NO2. The van der Waals surface area contributed by atoms with Crippen LogP contribution in [-0.2, 0) is 9.53 Å². The van der Waals surface area contributed by atoms with Gasteiger partial charge >= 0.3 is 5.97 Å². The van der Waals surface area contributed by atoms with Gasteiger partial charge in [0.05, 0.1) is 0 Å². The minimum atomic E-state index is -0.733. The van der Waals surface area contributed by atoms with Crippen LogP contribution in [0.25, 0.3) is 0 Å². The highest BCUT2D eigenvalue weighted by Crippen LogP contribution is 2.49. The Morgan fingerprint density at radius 2 is 2.05 bits per heavy atom. The van der Waals surface area contributed by atoms with E-state index in [9.17, 15) is 10.1 Å². The minimum absolute atomic E-state index is 0.0542. The fourth-order valence-corrected chi connectivity index (χ4v) is 3.18. The first-order chi connectivity index (χ1) is 9.56. The zero-order chi connectivity index (χ0) is 14.3. The normalized spacial score (nSPS) is 28.6. The molecule has 1 aliphatic carbocycles. The Morgan fingerprint density at radius 1 is 1.35 bits per heavy atom. The molecule has 1 heterocycles. The van der Waals surface area contributed by atoms with E-state index in [-0.39, 0.29) is 11.5 Å². The fourth-order valence-electron chi connectivity index (χ4n) is 3.18. The number of nitrogens with zero attached hydrogens (tertiary/aromatic N) is 1. The lowest BCUT2D eigenvalue weighted by Gasteiger charge is -2.38. The summed E-state index contributed by atoms with van der Waals surface area (Å²) >= 11 is 0. The Kier molecular flexibility index (Phi) is 2.76. The molecule has 0 saturated carbocycles. The number of carbonyl (C=O) groups is 1. The second kappa shape index (κ2) is 4.35. The first kappa shape index (κ1) is 12.7. The molecule has 1 aliphatic heterocycles. The second-order valence-electron chi connectivity index (χ2n) is 5.56. The molecule has 3 heteroatoms. The maximum atomic E-state index is 11.9. The number of benzene rings is 1. The third kappa shape index (κ3) is 1.69. The third-order valence-electron chi connectivity index (χ3n) is 4.21. The molecule has 0 bridgehead atoms. The Bertz CT molecular complexity index is 679. The SMILES string of the molecule is CC1=CC2=C(C#N)C(=O)O[C@@]2(C)[C@@H](c2ccccc2)C1. The molecule has 3 rings (SSSR count). The van der Waals surface area contributed by atoms with Crippen LogP contribution in [0.4, 0.5) is 0 Å². The van der Waals surface area contributed by atoms with Crippen molar-refractivity contribution in [3.8, 4) is 6.07 Å². The lowest BCUT2D eigenvalue weighted by Crippen LogP contribution is -2.37. The molecule has 0 spiro atoms. The van der Waals surface area contributed by atoms with Crippen LogP contribution < -0.4 is 0 Å². The van der Waals surface area contributed by atoms with Crippen molar-refractivity contribution in [2.75, 3.05) is 0 Å². The van der Waals surface area contributed by atoms with Gasteiger partial charge in [0.1, 0.15) is 17.2 Å². The molecule has 0 fully saturated rings. The molecule has 2 aliphatic rings. The summed E-state index contributed by atoms with van der Waals surface area (Å²) in [5.74, 6) is -0.449. The van der Waals surface area contributed by atoms with Crippen LogP contribution in [0, 0.1) is 11.3 Å². The highest BCUT2D eigenvalue weighted by molar-refractivity contribution is 5.98. The topological polar surface area (TPSA) is 50.1 Å². The zero-order valence-electron chi connectivity index (χ0n) is 11.5. The number of fused-ring (bicyclic) bond motifs is 1. The van der Waals surface area contributed by atoms with Gasteiger partial charge in [-0.3, -0.25) is 0 Å². The van der Waals surface area contributed by atoms with Gasteiger partial charge in [-0.25, -0.2) is 4.79 Å². The predicted molar refractivity (Wildman–Crippen MR) is 74.7 cm³/mol. The zero-order valence-corrected chi connectivity index (χ0v) is 11.5. The van der Waals surface area contributed by atoms with Gasteiger partial charge in [0.25, 0.3) is 0 Å². The summed E-state index contributed by atoms with van der Waals surface area (Å²) in [6.07, 6.45) is 2.76. The Hall–Kier alpha value is -2.34. The Labute approximate surface area is 118 Å². The molecular weight excluding hydrogens is 250 g/mol. The average Bonchev–Trinajstić information content (AvgIpc) is 2.69. The van der Waals surface area contributed by atoms with Crippen LogP contribution in [0.5, 0.6) is 0 Å². The van der Waals surface area contributed by atoms with E-state index in [1.165, 1.54) is 0 Å². The van der Waals surface area contributed by atoms with Crippen molar-refractivity contribution in [1.82, 2.24) is 0 Å². The summed E-state index contributed by atoms with van der Waals surface area (Å²) in [7, 11) is 0. The van der Waals surface area contributed by atoms with Crippen molar-refractivity contribution < 1.29 is 9.53 Å². The lowest BCUT2D eigenvalue weighted by molar-refractivity contribution is -0.147. The van der Waals surface area contributed by atoms with Crippen molar-refractivity contribution in [2.45, 2.75) is 31.8 Å². The number of esters is 1. The van der Waals surface area contributed by atoms with Crippen molar-refractivity contribution in [2.24, 2.45) is 0 Å². The van der Waals surface area contributed by atoms with Gasteiger partial charge in [-0.15, -0.1) is 0 Å². The van der Waals surface area contributed by atoms with Crippen molar-refractivity contribution in [3.63, 3.8) is 0 Å². The number of rotatable bonds is 1. The van der Waals surface area contributed by atoms with E-state index in [0.717, 1.165) is 23.1 Å². The van der Waals surface area contributed by atoms with Crippen molar-refractivity contribution in [3.05, 3.63) is 58.7 Å². The van der Waals surface area contributed by atoms with Crippen molar-refractivity contribution >= 4 is 5.97 Å². The molecule has 1 aromatic carbocycles. The number of carbonyl (C=O) groups excluding carboxylic acids is 1. The number of ether oxygens (including phenoxy) is 1. The maximum absolute atomic E-state index is 11.9. The van der Waals surface area contributed by atoms with E-state index in [2.05, 4.69) is 0 Å². The van der Waals surface area contributed by atoms with Crippen LogP contribution in [-0.4, -0.2) is 11.6 Å². The summed E-state index contributed by atoms with van der Waals surface area (Å²) in [4.78, 5) is 11.9. The van der Waals surface area contributed by atoms with E-state index in [4.69, 9.17) is 4.74 Å². The molecule has 2 atom stereocenters. The molecule has 3 nitrogen and oxygen atoms in total. The number of nitriles is 1. The number of hydrogen-bond acceptors (Lipinski definition) is 3. The number of allylic oxidation sites excluding steroid dienone is 1. The highest BCUT2D eigenvalue weighted by Gasteiger charge is 2.50. The van der Waals surface area contributed by atoms with Crippen LogP contribution in [0.3, 0.4) is 0 Å². The molecule has 1 aromatic rings. The van der Waals surface area contributed by atoms with E-state index in [0.29, 0.717) is 0 Å². The summed E-state index contributed by atoms with van der Waals surface area (Å²) in [6, 6.07) is 12.0.